The van der Waals surface area contributed by atoms with Crippen molar-refractivity contribution in [3.63, 3.8) is 0 Å². The lowest BCUT2D eigenvalue weighted by molar-refractivity contribution is 0.185. The van der Waals surface area contributed by atoms with E-state index < -0.39 is 0 Å². The van der Waals surface area contributed by atoms with Gasteiger partial charge in [0.2, 0.25) is 0 Å². The van der Waals surface area contributed by atoms with E-state index in [4.69, 9.17) is 21.7 Å². The molecule has 0 aliphatic carbocycles. The second-order valence-corrected chi connectivity index (χ2v) is 8.59. The smallest absolute Gasteiger partial charge is 0.165 e. The van der Waals surface area contributed by atoms with Crippen LogP contribution >= 0.6 is 11.6 Å². The molecular weight excluding hydrogens is 392 g/mol. The summed E-state index contributed by atoms with van der Waals surface area (Å²) in [4.78, 5) is 7.30. The maximum absolute atomic E-state index is 6.69. The van der Waals surface area contributed by atoms with Crippen molar-refractivity contribution in [1.29, 1.82) is 0 Å². The van der Waals surface area contributed by atoms with Gasteiger partial charge in [0.05, 0.1) is 5.69 Å². The molecule has 152 valence electrons. The summed E-state index contributed by atoms with van der Waals surface area (Å²) in [7, 11) is 0. The molecule has 4 nitrogen and oxygen atoms in total. The van der Waals surface area contributed by atoms with Gasteiger partial charge in [-0.3, -0.25) is 4.90 Å². The molecule has 0 N–H and O–H groups in total. The Bertz CT molecular complexity index is 1150. The van der Waals surface area contributed by atoms with E-state index >= 15 is 0 Å². The van der Waals surface area contributed by atoms with Gasteiger partial charge in [-0.15, -0.1) is 0 Å². The monoisotopic (exact) mass is 416 g/mol. The molecule has 0 saturated carbocycles. The number of halogens is 1. The summed E-state index contributed by atoms with van der Waals surface area (Å²) in [5.41, 5.74) is 4.86. The zero-order valence-electron chi connectivity index (χ0n) is 17.1. The lowest BCUT2D eigenvalue weighted by Crippen LogP contribution is -2.32. The Morgan fingerprint density at radius 1 is 0.967 bits per heavy atom. The summed E-state index contributed by atoms with van der Waals surface area (Å²) >= 11 is 6.69. The van der Waals surface area contributed by atoms with E-state index in [0.717, 1.165) is 59.1 Å². The first-order valence-corrected chi connectivity index (χ1v) is 11.0. The maximum Gasteiger partial charge on any atom is 0.165 e. The fourth-order valence-corrected chi connectivity index (χ4v) is 4.39. The minimum absolute atomic E-state index is 0.567. The van der Waals surface area contributed by atoms with Crippen LogP contribution in [0.5, 0.6) is 0 Å². The van der Waals surface area contributed by atoms with E-state index in [1.165, 1.54) is 12.8 Å². The highest BCUT2D eigenvalue weighted by molar-refractivity contribution is 6.30. The Hall–Kier alpha value is -2.69. The highest BCUT2D eigenvalue weighted by Crippen LogP contribution is 2.32. The summed E-state index contributed by atoms with van der Waals surface area (Å²) < 4.78 is 1.90. The molecule has 2 aromatic carbocycles. The summed E-state index contributed by atoms with van der Waals surface area (Å²) in [6.45, 7) is 5.40. The normalized spacial score (nSPS) is 15.7. The lowest BCUT2D eigenvalue weighted by atomic mass is 9.99. The molecule has 0 spiro atoms. The van der Waals surface area contributed by atoms with Gasteiger partial charge in [-0.25, -0.2) is 9.67 Å². The van der Waals surface area contributed by atoms with Crippen LogP contribution in [0.4, 0.5) is 0 Å². The minimum atomic E-state index is 0.567. The first kappa shape index (κ1) is 19.3. The molecule has 0 bridgehead atoms. The van der Waals surface area contributed by atoms with Crippen molar-refractivity contribution in [3.05, 3.63) is 77.4 Å². The quantitative estimate of drug-likeness (QED) is 0.384. The average Bonchev–Trinajstić information content (AvgIpc) is 3.15. The van der Waals surface area contributed by atoms with Crippen LogP contribution in [0.25, 0.3) is 28.0 Å². The van der Waals surface area contributed by atoms with Gasteiger partial charge in [0.25, 0.3) is 0 Å². The highest BCUT2D eigenvalue weighted by atomic mass is 35.5. The minimum Gasteiger partial charge on any atom is -0.299 e. The Morgan fingerprint density at radius 3 is 2.33 bits per heavy atom. The van der Waals surface area contributed by atoms with Gasteiger partial charge in [0, 0.05) is 23.1 Å². The molecule has 0 amide bonds. The Morgan fingerprint density at radius 2 is 1.63 bits per heavy atom. The third kappa shape index (κ3) is 3.73. The van der Waals surface area contributed by atoms with Crippen LogP contribution in [0, 0.1) is 5.92 Å². The maximum atomic E-state index is 6.69. The number of fused-ring (bicyclic) bond motifs is 1. The molecule has 5 heteroatoms. The molecule has 1 fully saturated rings. The third-order valence-corrected chi connectivity index (χ3v) is 6.33. The molecule has 3 heterocycles. The van der Waals surface area contributed by atoms with Crippen LogP contribution in [-0.4, -0.2) is 32.8 Å². The second kappa shape index (κ2) is 8.21. The predicted octanol–water partition coefficient (Wildman–Crippen LogP) is 5.97. The van der Waals surface area contributed by atoms with Crippen molar-refractivity contribution in [2.45, 2.75) is 26.3 Å². The summed E-state index contributed by atoms with van der Waals surface area (Å²) in [6.07, 6.45) is 2.49. The number of hydrogen-bond donors (Lipinski definition) is 0. The second-order valence-electron chi connectivity index (χ2n) is 8.23. The topological polar surface area (TPSA) is 34.0 Å². The van der Waals surface area contributed by atoms with E-state index in [2.05, 4.69) is 30.0 Å². The van der Waals surface area contributed by atoms with Gasteiger partial charge in [-0.2, -0.15) is 5.10 Å². The van der Waals surface area contributed by atoms with Crippen molar-refractivity contribution in [1.82, 2.24) is 19.7 Å². The number of para-hydroxylation sites is 1. The molecule has 5 rings (SSSR count). The van der Waals surface area contributed by atoms with Crippen molar-refractivity contribution in [2.75, 3.05) is 13.1 Å². The van der Waals surface area contributed by atoms with Gasteiger partial charge in [0.1, 0.15) is 10.8 Å². The van der Waals surface area contributed by atoms with Crippen molar-refractivity contribution in [2.24, 2.45) is 5.92 Å². The van der Waals surface area contributed by atoms with Crippen molar-refractivity contribution < 1.29 is 0 Å². The van der Waals surface area contributed by atoms with Gasteiger partial charge < -0.3 is 0 Å². The third-order valence-electron chi connectivity index (χ3n) is 6.00. The van der Waals surface area contributed by atoms with Crippen LogP contribution in [0.15, 0.2) is 66.7 Å². The number of likely N-dealkylation sites (tertiary alicyclic amines) is 1. The van der Waals surface area contributed by atoms with E-state index in [-0.39, 0.29) is 0 Å². The van der Waals surface area contributed by atoms with Crippen molar-refractivity contribution >= 4 is 22.6 Å². The largest absolute Gasteiger partial charge is 0.299 e. The van der Waals surface area contributed by atoms with E-state index in [9.17, 15) is 0 Å². The molecule has 1 saturated heterocycles. The fraction of sp³-hybridized carbons (Fsp3) is 0.280. The lowest BCUT2D eigenvalue weighted by Gasteiger charge is -2.30. The fourth-order valence-electron chi connectivity index (χ4n) is 4.19. The van der Waals surface area contributed by atoms with Crippen molar-refractivity contribution in [3.8, 4) is 16.9 Å². The number of nitrogens with zero attached hydrogens (tertiary/aromatic N) is 4. The Balaban J connectivity index is 1.62. The van der Waals surface area contributed by atoms with E-state index in [1.807, 2.05) is 53.2 Å². The van der Waals surface area contributed by atoms with E-state index in [1.54, 1.807) is 0 Å². The molecule has 4 aromatic rings. The number of pyridine rings is 1. The Kier molecular flexibility index (Phi) is 5.28. The van der Waals surface area contributed by atoms with Gasteiger partial charge >= 0.3 is 0 Å². The number of rotatable bonds is 4. The van der Waals surface area contributed by atoms with E-state index in [0.29, 0.717) is 5.15 Å². The predicted molar refractivity (Wildman–Crippen MR) is 123 cm³/mol. The molecule has 1 aliphatic rings. The molecule has 0 atom stereocenters. The number of piperidine rings is 1. The Labute approximate surface area is 182 Å². The van der Waals surface area contributed by atoms with Gasteiger partial charge in [-0.05, 0) is 50.0 Å². The number of hydrogen-bond acceptors (Lipinski definition) is 3. The molecular formula is C25H25ClN4. The first-order valence-electron chi connectivity index (χ1n) is 10.6. The summed E-state index contributed by atoms with van der Waals surface area (Å²) in [5.74, 6) is 0.811. The number of benzene rings is 2. The molecule has 0 radical (unpaired) electrons. The molecule has 0 unspecified atom stereocenters. The standard InChI is InChI=1S/C25H25ClN4/c1-18-12-14-29(15-13-18)17-20-16-22-23(19-8-4-2-5-9-19)28-30(25(22)27-24(20)26)21-10-6-3-7-11-21/h2-11,16,18H,12-15,17H2,1H3. The molecule has 30 heavy (non-hydrogen) atoms. The molecule has 2 aromatic heterocycles. The molecule has 1 aliphatic heterocycles. The zero-order valence-corrected chi connectivity index (χ0v) is 17.9. The van der Waals surface area contributed by atoms with Crippen LogP contribution in [-0.2, 0) is 6.54 Å². The van der Waals surface area contributed by atoms with Crippen LogP contribution in [0.1, 0.15) is 25.3 Å². The highest BCUT2D eigenvalue weighted by Gasteiger charge is 2.21. The van der Waals surface area contributed by atoms with Crippen LogP contribution in [0.3, 0.4) is 0 Å². The van der Waals surface area contributed by atoms with Crippen LogP contribution in [0.2, 0.25) is 5.15 Å². The zero-order chi connectivity index (χ0) is 20.5. The van der Waals surface area contributed by atoms with Gasteiger partial charge in [0.15, 0.2) is 5.65 Å². The summed E-state index contributed by atoms with van der Waals surface area (Å²) in [6, 6.07) is 22.6. The summed E-state index contributed by atoms with van der Waals surface area (Å²) in [5, 5.41) is 6.56. The average molecular weight is 417 g/mol. The van der Waals surface area contributed by atoms with Gasteiger partial charge in [-0.1, -0.05) is 67.1 Å². The van der Waals surface area contributed by atoms with Crippen LogP contribution < -0.4 is 0 Å². The first-order chi connectivity index (χ1) is 14.7. The SMILES string of the molecule is CC1CCN(Cc2cc3c(-c4ccccc4)nn(-c4ccccc4)c3nc2Cl)CC1. The number of aromatic nitrogens is 3.